The number of rotatable bonds is 1. The normalized spacial score (nSPS) is 18.4. The molecule has 4 heteroatoms. The van der Waals surface area contributed by atoms with Crippen LogP contribution in [0.1, 0.15) is 24.3 Å². The van der Waals surface area contributed by atoms with E-state index in [-0.39, 0.29) is 5.02 Å². The molecular weight excluding hydrogens is 203 g/mol. The summed E-state index contributed by atoms with van der Waals surface area (Å²) in [5, 5.41) is 3.41. The Morgan fingerprint density at radius 3 is 2.79 bits per heavy atom. The third-order valence-electron chi connectivity index (χ3n) is 2.63. The van der Waals surface area contributed by atoms with Gasteiger partial charge in [-0.25, -0.2) is 4.98 Å². The lowest BCUT2D eigenvalue weighted by atomic mass is 9.91. The summed E-state index contributed by atoms with van der Waals surface area (Å²) in [6.45, 7) is 2.03. The van der Waals surface area contributed by atoms with E-state index < -0.39 is 5.95 Å². The maximum absolute atomic E-state index is 12.8. The zero-order chi connectivity index (χ0) is 9.97. The van der Waals surface area contributed by atoms with E-state index in [4.69, 9.17) is 11.6 Å². The first-order valence-corrected chi connectivity index (χ1v) is 5.17. The van der Waals surface area contributed by atoms with Crippen LogP contribution in [0, 0.1) is 5.95 Å². The molecule has 0 spiro atoms. The Labute approximate surface area is 87.5 Å². The highest BCUT2D eigenvalue weighted by molar-refractivity contribution is 6.30. The van der Waals surface area contributed by atoms with Gasteiger partial charge in [0.1, 0.15) is 0 Å². The zero-order valence-electron chi connectivity index (χ0n) is 7.76. The van der Waals surface area contributed by atoms with Crippen LogP contribution in [0.2, 0.25) is 5.02 Å². The fourth-order valence-corrected chi connectivity index (χ4v) is 1.99. The van der Waals surface area contributed by atoms with Crippen molar-refractivity contribution in [1.82, 2.24) is 10.3 Å². The second-order valence-electron chi connectivity index (χ2n) is 3.57. The van der Waals surface area contributed by atoms with E-state index in [2.05, 4.69) is 10.3 Å². The summed E-state index contributed by atoms with van der Waals surface area (Å²) in [5.41, 5.74) is 1.05. The summed E-state index contributed by atoms with van der Waals surface area (Å²) in [4.78, 5) is 3.63. The van der Waals surface area contributed by atoms with E-state index in [1.165, 1.54) is 0 Å². The molecule has 1 saturated heterocycles. The molecule has 0 radical (unpaired) electrons. The zero-order valence-corrected chi connectivity index (χ0v) is 8.52. The van der Waals surface area contributed by atoms with Crippen LogP contribution in [0.15, 0.2) is 12.3 Å². The van der Waals surface area contributed by atoms with Crippen molar-refractivity contribution in [2.24, 2.45) is 0 Å². The van der Waals surface area contributed by atoms with Crippen molar-refractivity contribution >= 4 is 11.6 Å². The van der Waals surface area contributed by atoms with E-state index >= 15 is 0 Å². The molecule has 0 saturated carbocycles. The monoisotopic (exact) mass is 214 g/mol. The fraction of sp³-hybridized carbons (Fsp3) is 0.500. The number of hydrogen-bond acceptors (Lipinski definition) is 2. The van der Waals surface area contributed by atoms with Crippen molar-refractivity contribution in [3.63, 3.8) is 0 Å². The van der Waals surface area contributed by atoms with Crippen LogP contribution in [-0.4, -0.2) is 18.1 Å². The molecule has 2 nitrogen and oxygen atoms in total. The number of halogens is 2. The molecular formula is C10H12ClFN2. The van der Waals surface area contributed by atoms with Crippen molar-refractivity contribution in [3.8, 4) is 0 Å². The van der Waals surface area contributed by atoms with Crippen molar-refractivity contribution in [1.29, 1.82) is 0 Å². The van der Waals surface area contributed by atoms with Crippen molar-refractivity contribution in [2.45, 2.75) is 18.8 Å². The van der Waals surface area contributed by atoms with Crippen LogP contribution in [0.5, 0.6) is 0 Å². The first-order chi connectivity index (χ1) is 6.77. The molecule has 2 heterocycles. The minimum atomic E-state index is -0.579. The molecule has 1 aromatic rings. The second-order valence-corrected chi connectivity index (χ2v) is 3.97. The Kier molecular flexibility index (Phi) is 2.99. The molecule has 0 aliphatic carbocycles. The maximum Gasteiger partial charge on any atom is 0.231 e. The second kappa shape index (κ2) is 4.24. The molecule has 1 aromatic heterocycles. The maximum atomic E-state index is 12.8. The third-order valence-corrected chi connectivity index (χ3v) is 2.89. The summed E-state index contributed by atoms with van der Waals surface area (Å²) >= 11 is 5.68. The average molecular weight is 215 g/mol. The van der Waals surface area contributed by atoms with Crippen molar-refractivity contribution in [3.05, 3.63) is 28.8 Å². The van der Waals surface area contributed by atoms with Gasteiger partial charge in [-0.2, -0.15) is 4.39 Å². The van der Waals surface area contributed by atoms with Crippen molar-refractivity contribution in [2.75, 3.05) is 13.1 Å². The van der Waals surface area contributed by atoms with Crippen LogP contribution in [0.25, 0.3) is 0 Å². The Morgan fingerprint density at radius 2 is 2.14 bits per heavy atom. The van der Waals surface area contributed by atoms with Gasteiger partial charge in [0.25, 0.3) is 0 Å². The van der Waals surface area contributed by atoms with Crippen LogP contribution in [0.4, 0.5) is 4.39 Å². The first kappa shape index (κ1) is 9.87. The van der Waals surface area contributed by atoms with E-state index in [0.29, 0.717) is 5.92 Å². The summed E-state index contributed by atoms with van der Waals surface area (Å²) < 4.78 is 12.8. The highest BCUT2D eigenvalue weighted by Gasteiger charge is 2.16. The lowest BCUT2D eigenvalue weighted by Gasteiger charge is -2.22. The largest absolute Gasteiger partial charge is 0.317 e. The lowest BCUT2D eigenvalue weighted by Crippen LogP contribution is -2.26. The van der Waals surface area contributed by atoms with Crippen LogP contribution < -0.4 is 5.32 Å². The van der Waals surface area contributed by atoms with Gasteiger partial charge in [-0.05, 0) is 43.5 Å². The molecule has 0 aromatic carbocycles. The average Bonchev–Trinajstić information content (AvgIpc) is 2.23. The van der Waals surface area contributed by atoms with Gasteiger partial charge in [-0.1, -0.05) is 11.6 Å². The predicted molar refractivity (Wildman–Crippen MR) is 54.0 cm³/mol. The Hall–Kier alpha value is -0.670. The number of nitrogens with one attached hydrogen (secondary N) is 1. The van der Waals surface area contributed by atoms with E-state index in [1.807, 2.05) is 0 Å². The fourth-order valence-electron chi connectivity index (χ4n) is 1.81. The molecule has 1 fully saturated rings. The number of piperidine rings is 1. The Bertz CT molecular complexity index is 324. The molecule has 0 amide bonds. The number of pyridine rings is 1. The van der Waals surface area contributed by atoms with Gasteiger partial charge >= 0.3 is 0 Å². The molecule has 14 heavy (non-hydrogen) atoms. The summed E-state index contributed by atoms with van der Waals surface area (Å²) in [6.07, 6.45) is 3.74. The smallest absolute Gasteiger partial charge is 0.231 e. The van der Waals surface area contributed by atoms with Crippen LogP contribution in [-0.2, 0) is 0 Å². The first-order valence-electron chi connectivity index (χ1n) is 4.79. The highest BCUT2D eigenvalue weighted by Crippen LogP contribution is 2.26. The SMILES string of the molecule is Fc1ncc(C2CCNCC2)cc1Cl. The predicted octanol–water partition coefficient (Wildman–Crippen LogP) is 2.34. The summed E-state index contributed by atoms with van der Waals surface area (Å²) in [7, 11) is 0. The minimum Gasteiger partial charge on any atom is -0.317 e. The molecule has 1 aliphatic heterocycles. The van der Waals surface area contributed by atoms with Gasteiger partial charge in [0.05, 0.1) is 5.02 Å². The van der Waals surface area contributed by atoms with E-state index in [1.54, 1.807) is 12.3 Å². The molecule has 0 atom stereocenters. The highest BCUT2D eigenvalue weighted by atomic mass is 35.5. The Balaban J connectivity index is 2.18. The van der Waals surface area contributed by atoms with Gasteiger partial charge in [0, 0.05) is 6.20 Å². The molecule has 0 bridgehead atoms. The molecule has 1 N–H and O–H groups in total. The van der Waals surface area contributed by atoms with E-state index in [9.17, 15) is 4.39 Å². The third kappa shape index (κ3) is 2.04. The standard InChI is InChI=1S/C10H12ClFN2/c11-9-5-8(6-14-10(9)12)7-1-3-13-4-2-7/h5-7,13H,1-4H2. The van der Waals surface area contributed by atoms with Crippen LogP contribution in [0.3, 0.4) is 0 Å². The molecule has 1 aliphatic rings. The minimum absolute atomic E-state index is 0.126. The van der Waals surface area contributed by atoms with Gasteiger partial charge in [0.15, 0.2) is 0 Å². The van der Waals surface area contributed by atoms with Gasteiger partial charge in [-0.3, -0.25) is 0 Å². The molecule has 2 rings (SSSR count). The Morgan fingerprint density at radius 1 is 1.43 bits per heavy atom. The number of aromatic nitrogens is 1. The van der Waals surface area contributed by atoms with Gasteiger partial charge in [0.2, 0.25) is 5.95 Å². The van der Waals surface area contributed by atoms with Gasteiger partial charge in [-0.15, -0.1) is 0 Å². The topological polar surface area (TPSA) is 24.9 Å². The quantitative estimate of drug-likeness (QED) is 0.726. The van der Waals surface area contributed by atoms with E-state index in [0.717, 1.165) is 31.5 Å². The molecule has 76 valence electrons. The summed E-state index contributed by atoms with van der Waals surface area (Å²) in [5.74, 6) is -0.105. The van der Waals surface area contributed by atoms with Crippen molar-refractivity contribution < 1.29 is 4.39 Å². The number of hydrogen-bond donors (Lipinski definition) is 1. The van der Waals surface area contributed by atoms with Crippen LogP contribution >= 0.6 is 11.6 Å². The molecule has 0 unspecified atom stereocenters. The van der Waals surface area contributed by atoms with Gasteiger partial charge < -0.3 is 5.32 Å². The summed E-state index contributed by atoms with van der Waals surface area (Å²) in [6, 6.07) is 1.69. The lowest BCUT2D eigenvalue weighted by molar-refractivity contribution is 0.458. The number of nitrogens with zero attached hydrogens (tertiary/aromatic N) is 1.